The van der Waals surface area contributed by atoms with Gasteiger partial charge in [-0.15, -0.1) is 10.2 Å². The van der Waals surface area contributed by atoms with E-state index in [-0.39, 0.29) is 18.0 Å². The predicted octanol–water partition coefficient (Wildman–Crippen LogP) is 2.90. The summed E-state index contributed by atoms with van der Waals surface area (Å²) in [4.78, 5) is 26.2. The Hall–Kier alpha value is -2.48. The first-order valence-electron chi connectivity index (χ1n) is 8.92. The fraction of sp³-hybridized carbons (Fsp3) is 0.444. The fourth-order valence-corrected chi connectivity index (χ4v) is 4.02. The minimum Gasteiger partial charge on any atom is -0.340 e. The zero-order valence-electron chi connectivity index (χ0n) is 14.4. The molecule has 1 aromatic heterocycles. The predicted molar refractivity (Wildman–Crippen MR) is 99.0 cm³/mol. The number of rotatable bonds is 6. The Kier molecular flexibility index (Phi) is 4.83. The summed E-state index contributed by atoms with van der Waals surface area (Å²) in [7, 11) is 0. The number of hydrogen-bond acceptors (Lipinski definition) is 5. The molecule has 1 unspecified atom stereocenters. The van der Waals surface area contributed by atoms with Crippen molar-refractivity contribution in [2.45, 2.75) is 37.6 Å². The summed E-state index contributed by atoms with van der Waals surface area (Å²) in [5.41, 5.74) is 0.971. The third-order valence-corrected chi connectivity index (χ3v) is 5.67. The van der Waals surface area contributed by atoms with Gasteiger partial charge < -0.3 is 10.2 Å². The van der Waals surface area contributed by atoms with E-state index in [2.05, 4.69) is 20.8 Å². The topological polar surface area (TPSA) is 87.2 Å². The standard InChI is InChI=1S/C18H21N5O2S/c24-15-7-4-10-23(15)11-14(12-5-2-1-3-6-12)19-17(25)20-18-22-21-16(26-18)13-8-9-13/h1-3,5-6,13-14H,4,7-11H2,(H2,19,20,22,25). The van der Waals surface area contributed by atoms with E-state index in [1.165, 1.54) is 11.3 Å². The van der Waals surface area contributed by atoms with Gasteiger partial charge in [0, 0.05) is 25.4 Å². The number of carbonyl (C=O) groups is 2. The molecule has 7 nitrogen and oxygen atoms in total. The normalized spacial score (nSPS) is 18.0. The van der Waals surface area contributed by atoms with Crippen LogP contribution in [0.5, 0.6) is 0 Å². The van der Waals surface area contributed by atoms with Gasteiger partial charge in [-0.1, -0.05) is 41.7 Å². The van der Waals surface area contributed by atoms with Gasteiger partial charge in [-0.05, 0) is 24.8 Å². The highest BCUT2D eigenvalue weighted by molar-refractivity contribution is 7.15. The molecule has 1 aliphatic carbocycles. The molecule has 136 valence electrons. The molecule has 0 bridgehead atoms. The number of aromatic nitrogens is 2. The van der Waals surface area contributed by atoms with Gasteiger partial charge in [-0.3, -0.25) is 10.1 Å². The maximum atomic E-state index is 12.5. The van der Waals surface area contributed by atoms with Crippen LogP contribution in [0.3, 0.4) is 0 Å². The Morgan fingerprint density at radius 1 is 1.27 bits per heavy atom. The molecule has 1 saturated heterocycles. The molecule has 26 heavy (non-hydrogen) atoms. The second-order valence-electron chi connectivity index (χ2n) is 6.72. The molecule has 1 saturated carbocycles. The Morgan fingerprint density at radius 3 is 2.77 bits per heavy atom. The first kappa shape index (κ1) is 17.0. The maximum absolute atomic E-state index is 12.5. The van der Waals surface area contributed by atoms with Crippen molar-refractivity contribution in [1.82, 2.24) is 20.4 Å². The number of nitrogens with zero attached hydrogens (tertiary/aromatic N) is 3. The van der Waals surface area contributed by atoms with E-state index in [1.54, 1.807) is 0 Å². The second kappa shape index (κ2) is 7.41. The molecule has 2 aliphatic rings. The van der Waals surface area contributed by atoms with E-state index < -0.39 is 0 Å². The number of anilines is 1. The molecule has 2 heterocycles. The third-order valence-electron chi connectivity index (χ3n) is 4.67. The van der Waals surface area contributed by atoms with Crippen LogP contribution in [0.25, 0.3) is 0 Å². The van der Waals surface area contributed by atoms with Crippen LogP contribution in [0.15, 0.2) is 30.3 Å². The van der Waals surface area contributed by atoms with Crippen molar-refractivity contribution < 1.29 is 9.59 Å². The van der Waals surface area contributed by atoms with Gasteiger partial charge in [-0.25, -0.2) is 4.79 Å². The molecule has 2 fully saturated rings. The number of urea groups is 1. The fourth-order valence-electron chi connectivity index (χ4n) is 3.11. The van der Waals surface area contributed by atoms with Gasteiger partial charge in [0.15, 0.2) is 0 Å². The minimum atomic E-state index is -0.330. The minimum absolute atomic E-state index is 0.145. The molecular weight excluding hydrogens is 350 g/mol. The Labute approximate surface area is 155 Å². The van der Waals surface area contributed by atoms with E-state index in [0.717, 1.165) is 36.4 Å². The number of nitrogens with one attached hydrogen (secondary N) is 2. The molecule has 0 radical (unpaired) electrons. The highest BCUT2D eigenvalue weighted by Gasteiger charge is 2.28. The molecule has 1 aliphatic heterocycles. The highest BCUT2D eigenvalue weighted by Crippen LogP contribution is 2.42. The van der Waals surface area contributed by atoms with Crippen LogP contribution in [0.4, 0.5) is 9.93 Å². The third kappa shape index (κ3) is 4.01. The summed E-state index contributed by atoms with van der Waals surface area (Å²) in [6.45, 7) is 1.21. The Balaban J connectivity index is 1.42. The average Bonchev–Trinajstić information content (AvgIpc) is 3.27. The first-order chi connectivity index (χ1) is 12.7. The van der Waals surface area contributed by atoms with Crippen LogP contribution in [0, 0.1) is 0 Å². The summed E-state index contributed by atoms with van der Waals surface area (Å²) >= 11 is 1.43. The quantitative estimate of drug-likeness (QED) is 0.817. The van der Waals surface area contributed by atoms with Crippen molar-refractivity contribution in [3.05, 3.63) is 40.9 Å². The molecule has 8 heteroatoms. The molecule has 0 spiro atoms. The van der Waals surface area contributed by atoms with Crippen LogP contribution >= 0.6 is 11.3 Å². The van der Waals surface area contributed by atoms with E-state index in [0.29, 0.717) is 24.0 Å². The van der Waals surface area contributed by atoms with Crippen LogP contribution in [0.1, 0.15) is 48.2 Å². The average molecular weight is 371 g/mol. The number of likely N-dealkylation sites (tertiary alicyclic amines) is 1. The molecule has 4 rings (SSSR count). The maximum Gasteiger partial charge on any atom is 0.321 e. The van der Waals surface area contributed by atoms with E-state index in [9.17, 15) is 9.59 Å². The van der Waals surface area contributed by atoms with Gasteiger partial charge in [0.1, 0.15) is 5.01 Å². The highest BCUT2D eigenvalue weighted by atomic mass is 32.1. The van der Waals surface area contributed by atoms with E-state index >= 15 is 0 Å². The van der Waals surface area contributed by atoms with Gasteiger partial charge in [0.25, 0.3) is 0 Å². The summed E-state index contributed by atoms with van der Waals surface area (Å²) in [5.74, 6) is 0.663. The SMILES string of the molecule is O=C(Nc1nnc(C2CC2)s1)NC(CN1CCCC1=O)c1ccccc1. The van der Waals surface area contributed by atoms with Crippen molar-refractivity contribution in [1.29, 1.82) is 0 Å². The van der Waals surface area contributed by atoms with Gasteiger partial charge >= 0.3 is 6.03 Å². The molecule has 2 aromatic rings. The molecule has 1 aromatic carbocycles. The zero-order chi connectivity index (χ0) is 17.9. The lowest BCUT2D eigenvalue weighted by Crippen LogP contribution is -2.40. The van der Waals surface area contributed by atoms with Gasteiger partial charge in [0.05, 0.1) is 6.04 Å². The van der Waals surface area contributed by atoms with Crippen molar-refractivity contribution in [2.24, 2.45) is 0 Å². The van der Waals surface area contributed by atoms with E-state index in [4.69, 9.17) is 0 Å². The lowest BCUT2D eigenvalue weighted by Gasteiger charge is -2.25. The van der Waals surface area contributed by atoms with Crippen molar-refractivity contribution >= 4 is 28.4 Å². The number of hydrogen-bond donors (Lipinski definition) is 2. The zero-order valence-corrected chi connectivity index (χ0v) is 15.2. The molecule has 2 N–H and O–H groups in total. The summed E-state index contributed by atoms with van der Waals surface area (Å²) in [5, 5.41) is 15.4. The second-order valence-corrected chi connectivity index (χ2v) is 7.73. The number of amides is 3. The van der Waals surface area contributed by atoms with Gasteiger partial charge in [0.2, 0.25) is 11.0 Å². The summed E-state index contributed by atoms with van der Waals surface area (Å²) in [6.07, 6.45) is 3.77. The van der Waals surface area contributed by atoms with Crippen LogP contribution < -0.4 is 10.6 Å². The molecule has 3 amide bonds. The lowest BCUT2D eigenvalue weighted by atomic mass is 10.1. The van der Waals surface area contributed by atoms with Crippen molar-refractivity contribution in [3.63, 3.8) is 0 Å². The van der Waals surface area contributed by atoms with Crippen LogP contribution in [-0.4, -0.2) is 40.1 Å². The largest absolute Gasteiger partial charge is 0.340 e. The molecular formula is C18H21N5O2S. The first-order valence-corrected chi connectivity index (χ1v) is 9.74. The smallest absolute Gasteiger partial charge is 0.321 e. The number of benzene rings is 1. The van der Waals surface area contributed by atoms with Crippen LogP contribution in [-0.2, 0) is 4.79 Å². The monoisotopic (exact) mass is 371 g/mol. The van der Waals surface area contributed by atoms with E-state index in [1.807, 2.05) is 35.2 Å². The summed E-state index contributed by atoms with van der Waals surface area (Å²) in [6, 6.07) is 9.12. The number of carbonyl (C=O) groups excluding carboxylic acids is 2. The molecule has 1 atom stereocenters. The van der Waals surface area contributed by atoms with Crippen molar-refractivity contribution in [3.8, 4) is 0 Å². The van der Waals surface area contributed by atoms with Gasteiger partial charge in [-0.2, -0.15) is 0 Å². The van der Waals surface area contributed by atoms with Crippen molar-refractivity contribution in [2.75, 3.05) is 18.4 Å². The Morgan fingerprint density at radius 2 is 2.08 bits per heavy atom. The van der Waals surface area contributed by atoms with Crippen LogP contribution in [0.2, 0.25) is 0 Å². The lowest BCUT2D eigenvalue weighted by molar-refractivity contribution is -0.128. The Bertz CT molecular complexity index is 790. The summed E-state index contributed by atoms with van der Waals surface area (Å²) < 4.78 is 0.